The molecule has 2 rings (SSSR count). The van der Waals surface area contributed by atoms with Gasteiger partial charge in [0.05, 0.1) is 5.69 Å². The van der Waals surface area contributed by atoms with E-state index in [9.17, 15) is 4.79 Å². The summed E-state index contributed by atoms with van der Waals surface area (Å²) in [5.41, 5.74) is 3.06. The van der Waals surface area contributed by atoms with Gasteiger partial charge in [-0.05, 0) is 52.5 Å². The van der Waals surface area contributed by atoms with Gasteiger partial charge in [-0.2, -0.15) is 0 Å². The SMILES string of the molecule is Cc1nc2ccccn2c1CCC(=O)NCCCN(C)C. The molecule has 0 atom stereocenters. The van der Waals surface area contributed by atoms with Gasteiger partial charge in [0, 0.05) is 24.9 Å². The first-order valence-electron chi connectivity index (χ1n) is 7.42. The largest absolute Gasteiger partial charge is 0.356 e. The van der Waals surface area contributed by atoms with Crippen molar-refractivity contribution in [3.63, 3.8) is 0 Å². The number of imidazole rings is 1. The fraction of sp³-hybridized carbons (Fsp3) is 0.500. The lowest BCUT2D eigenvalue weighted by Crippen LogP contribution is -2.27. The van der Waals surface area contributed by atoms with E-state index in [1.54, 1.807) is 0 Å². The van der Waals surface area contributed by atoms with E-state index in [4.69, 9.17) is 0 Å². The molecule has 5 nitrogen and oxygen atoms in total. The Morgan fingerprint density at radius 2 is 2.19 bits per heavy atom. The number of fused-ring (bicyclic) bond motifs is 1. The number of rotatable bonds is 7. The molecule has 2 heterocycles. The second-order valence-corrected chi connectivity index (χ2v) is 5.58. The highest BCUT2D eigenvalue weighted by atomic mass is 16.1. The lowest BCUT2D eigenvalue weighted by molar-refractivity contribution is -0.121. The molecule has 0 bridgehead atoms. The zero-order valence-electron chi connectivity index (χ0n) is 13.1. The topological polar surface area (TPSA) is 49.6 Å². The first-order chi connectivity index (χ1) is 10.1. The summed E-state index contributed by atoms with van der Waals surface area (Å²) in [6.45, 7) is 3.73. The van der Waals surface area contributed by atoms with Crippen LogP contribution < -0.4 is 5.32 Å². The summed E-state index contributed by atoms with van der Waals surface area (Å²) in [4.78, 5) is 18.5. The van der Waals surface area contributed by atoms with Crippen molar-refractivity contribution < 1.29 is 4.79 Å². The van der Waals surface area contributed by atoms with Crippen molar-refractivity contribution in [3.8, 4) is 0 Å². The van der Waals surface area contributed by atoms with E-state index >= 15 is 0 Å². The predicted molar refractivity (Wildman–Crippen MR) is 84.4 cm³/mol. The number of carbonyl (C=O) groups is 1. The van der Waals surface area contributed by atoms with Crippen molar-refractivity contribution in [2.45, 2.75) is 26.2 Å². The Balaban J connectivity index is 1.84. The molecule has 0 saturated heterocycles. The van der Waals surface area contributed by atoms with Crippen LogP contribution in [0.15, 0.2) is 24.4 Å². The van der Waals surface area contributed by atoms with Crippen molar-refractivity contribution in [1.82, 2.24) is 19.6 Å². The van der Waals surface area contributed by atoms with Gasteiger partial charge in [0.15, 0.2) is 0 Å². The molecule has 0 radical (unpaired) electrons. The van der Waals surface area contributed by atoms with Crippen LogP contribution in [0.3, 0.4) is 0 Å². The lowest BCUT2D eigenvalue weighted by atomic mass is 10.2. The Labute approximate surface area is 126 Å². The third-order valence-electron chi connectivity index (χ3n) is 3.52. The lowest BCUT2D eigenvalue weighted by Gasteiger charge is -2.10. The molecule has 0 spiro atoms. The minimum absolute atomic E-state index is 0.110. The van der Waals surface area contributed by atoms with Crippen LogP contribution in [0.1, 0.15) is 24.2 Å². The van der Waals surface area contributed by atoms with E-state index in [1.165, 1.54) is 0 Å². The maximum atomic E-state index is 11.9. The van der Waals surface area contributed by atoms with Crippen LogP contribution in [0.25, 0.3) is 5.65 Å². The van der Waals surface area contributed by atoms with Gasteiger partial charge >= 0.3 is 0 Å². The number of pyridine rings is 1. The highest BCUT2D eigenvalue weighted by Crippen LogP contribution is 2.13. The third-order valence-corrected chi connectivity index (χ3v) is 3.52. The zero-order valence-corrected chi connectivity index (χ0v) is 13.1. The van der Waals surface area contributed by atoms with Gasteiger partial charge in [-0.1, -0.05) is 6.07 Å². The molecule has 0 unspecified atom stereocenters. The number of amides is 1. The third kappa shape index (κ3) is 4.29. The molecule has 2 aromatic heterocycles. The van der Waals surface area contributed by atoms with Gasteiger partial charge in [-0.25, -0.2) is 4.98 Å². The summed E-state index contributed by atoms with van der Waals surface area (Å²) in [5, 5.41) is 2.97. The molecule has 0 aliphatic rings. The number of hydrogen-bond donors (Lipinski definition) is 1. The smallest absolute Gasteiger partial charge is 0.220 e. The summed E-state index contributed by atoms with van der Waals surface area (Å²) < 4.78 is 2.06. The van der Waals surface area contributed by atoms with Crippen LogP contribution in [0.2, 0.25) is 0 Å². The molecule has 2 aromatic rings. The summed E-state index contributed by atoms with van der Waals surface area (Å²) in [6.07, 6.45) is 4.20. The predicted octanol–water partition coefficient (Wildman–Crippen LogP) is 1.64. The molecule has 0 aliphatic heterocycles. The Kier molecular flexibility index (Phi) is 5.33. The summed E-state index contributed by atoms with van der Waals surface area (Å²) in [5.74, 6) is 0.110. The first-order valence-corrected chi connectivity index (χ1v) is 7.42. The number of aryl methyl sites for hydroxylation is 2. The molecule has 21 heavy (non-hydrogen) atoms. The number of nitrogens with zero attached hydrogens (tertiary/aromatic N) is 3. The van der Waals surface area contributed by atoms with E-state index < -0.39 is 0 Å². The highest BCUT2D eigenvalue weighted by Gasteiger charge is 2.10. The van der Waals surface area contributed by atoms with E-state index in [0.29, 0.717) is 6.42 Å². The van der Waals surface area contributed by atoms with Gasteiger partial charge in [-0.3, -0.25) is 4.79 Å². The van der Waals surface area contributed by atoms with Crippen LogP contribution in [-0.2, 0) is 11.2 Å². The maximum absolute atomic E-state index is 11.9. The second-order valence-electron chi connectivity index (χ2n) is 5.58. The average molecular weight is 288 g/mol. The summed E-state index contributed by atoms with van der Waals surface area (Å²) >= 11 is 0. The highest BCUT2D eigenvalue weighted by molar-refractivity contribution is 5.76. The van der Waals surface area contributed by atoms with Crippen molar-refractivity contribution in [2.75, 3.05) is 27.2 Å². The minimum atomic E-state index is 0.110. The normalized spacial score (nSPS) is 11.2. The van der Waals surface area contributed by atoms with Gasteiger partial charge in [0.2, 0.25) is 5.91 Å². The Hall–Kier alpha value is -1.88. The van der Waals surface area contributed by atoms with Gasteiger partial charge in [-0.15, -0.1) is 0 Å². The van der Waals surface area contributed by atoms with E-state index in [1.807, 2.05) is 45.4 Å². The number of aromatic nitrogens is 2. The molecule has 5 heteroatoms. The van der Waals surface area contributed by atoms with Crippen molar-refractivity contribution in [1.29, 1.82) is 0 Å². The van der Waals surface area contributed by atoms with Crippen molar-refractivity contribution in [2.24, 2.45) is 0 Å². The molecule has 1 N–H and O–H groups in total. The Morgan fingerprint density at radius 1 is 1.38 bits per heavy atom. The molecule has 0 aromatic carbocycles. The molecule has 0 fully saturated rings. The number of carbonyl (C=O) groups excluding carboxylic acids is 1. The monoisotopic (exact) mass is 288 g/mol. The van der Waals surface area contributed by atoms with Crippen LogP contribution in [-0.4, -0.2) is 47.4 Å². The van der Waals surface area contributed by atoms with Gasteiger partial charge in [0.1, 0.15) is 5.65 Å². The number of nitrogens with one attached hydrogen (secondary N) is 1. The average Bonchev–Trinajstić information content (AvgIpc) is 2.76. The fourth-order valence-electron chi connectivity index (χ4n) is 2.41. The van der Waals surface area contributed by atoms with Gasteiger partial charge < -0.3 is 14.6 Å². The summed E-state index contributed by atoms with van der Waals surface area (Å²) in [7, 11) is 4.07. The molecule has 0 aliphatic carbocycles. The maximum Gasteiger partial charge on any atom is 0.220 e. The zero-order chi connectivity index (χ0) is 15.2. The van der Waals surface area contributed by atoms with Crippen molar-refractivity contribution in [3.05, 3.63) is 35.8 Å². The molecular weight excluding hydrogens is 264 g/mol. The number of hydrogen-bond acceptors (Lipinski definition) is 3. The minimum Gasteiger partial charge on any atom is -0.356 e. The van der Waals surface area contributed by atoms with Crippen LogP contribution in [0.4, 0.5) is 0 Å². The fourth-order valence-corrected chi connectivity index (χ4v) is 2.41. The molecule has 1 amide bonds. The molecule has 0 saturated carbocycles. The van der Waals surface area contributed by atoms with E-state index in [-0.39, 0.29) is 5.91 Å². The van der Waals surface area contributed by atoms with Crippen LogP contribution in [0, 0.1) is 6.92 Å². The molecule has 114 valence electrons. The molecular formula is C16H24N4O. The van der Waals surface area contributed by atoms with E-state index in [0.717, 1.165) is 43.0 Å². The Morgan fingerprint density at radius 3 is 2.95 bits per heavy atom. The van der Waals surface area contributed by atoms with Crippen LogP contribution >= 0.6 is 0 Å². The van der Waals surface area contributed by atoms with Crippen LogP contribution in [0.5, 0.6) is 0 Å². The van der Waals surface area contributed by atoms with Crippen molar-refractivity contribution >= 4 is 11.6 Å². The second kappa shape index (κ2) is 7.22. The van der Waals surface area contributed by atoms with E-state index in [2.05, 4.69) is 19.6 Å². The first kappa shape index (κ1) is 15.5. The quantitative estimate of drug-likeness (QED) is 0.788. The Bertz CT molecular complexity index is 603. The summed E-state index contributed by atoms with van der Waals surface area (Å²) in [6, 6.07) is 5.94. The standard InChI is InChI=1S/C16H24N4O/c1-13-14(20-12-5-4-7-15(20)18-13)8-9-16(21)17-10-6-11-19(2)3/h4-5,7,12H,6,8-11H2,1-3H3,(H,17,21). The van der Waals surface area contributed by atoms with Gasteiger partial charge in [0.25, 0.3) is 0 Å².